The molecule has 1 atom stereocenters. The van der Waals surface area contributed by atoms with Gasteiger partial charge in [-0.25, -0.2) is 4.98 Å². The van der Waals surface area contributed by atoms with E-state index in [2.05, 4.69) is 28.0 Å². The lowest BCUT2D eigenvalue weighted by Gasteiger charge is -2.10. The average molecular weight is 237 g/mol. The van der Waals surface area contributed by atoms with Gasteiger partial charge in [0.05, 0.1) is 12.6 Å². The summed E-state index contributed by atoms with van der Waals surface area (Å²) in [5, 5.41) is 3.45. The maximum atomic E-state index is 5.59. The molecule has 1 aromatic heterocycles. The van der Waals surface area contributed by atoms with Gasteiger partial charge in [-0.3, -0.25) is 0 Å². The fourth-order valence-electron chi connectivity index (χ4n) is 2.29. The quantitative estimate of drug-likeness (QED) is 0.737. The molecule has 96 valence electrons. The smallest absolute Gasteiger partial charge is 0.122 e. The van der Waals surface area contributed by atoms with Crippen LogP contribution in [0, 0.1) is 0 Å². The number of rotatable bonds is 7. The molecule has 1 aliphatic heterocycles. The summed E-state index contributed by atoms with van der Waals surface area (Å²) in [7, 11) is 0. The maximum absolute atomic E-state index is 5.59. The van der Waals surface area contributed by atoms with Crippen LogP contribution in [0.5, 0.6) is 0 Å². The molecule has 0 saturated carbocycles. The van der Waals surface area contributed by atoms with Crippen LogP contribution >= 0.6 is 0 Å². The second-order valence-corrected chi connectivity index (χ2v) is 4.64. The summed E-state index contributed by atoms with van der Waals surface area (Å²) in [4.78, 5) is 4.37. The van der Waals surface area contributed by atoms with E-state index in [4.69, 9.17) is 4.74 Å². The van der Waals surface area contributed by atoms with Crippen molar-refractivity contribution in [2.75, 3.05) is 13.2 Å². The number of ether oxygens (including phenoxy) is 1. The normalized spacial score (nSPS) is 19.9. The van der Waals surface area contributed by atoms with Crippen molar-refractivity contribution in [3.8, 4) is 0 Å². The Hall–Kier alpha value is -0.870. The minimum Gasteiger partial charge on any atom is -0.378 e. The third-order valence-electron chi connectivity index (χ3n) is 3.22. The van der Waals surface area contributed by atoms with Crippen molar-refractivity contribution in [2.45, 2.75) is 51.8 Å². The van der Waals surface area contributed by atoms with E-state index in [0.29, 0.717) is 6.10 Å². The maximum Gasteiger partial charge on any atom is 0.122 e. The van der Waals surface area contributed by atoms with Gasteiger partial charge in [0, 0.05) is 25.5 Å². The van der Waals surface area contributed by atoms with Gasteiger partial charge >= 0.3 is 0 Å². The van der Waals surface area contributed by atoms with E-state index in [1.165, 1.54) is 12.8 Å². The molecule has 1 unspecified atom stereocenters. The molecule has 0 bridgehead atoms. The van der Waals surface area contributed by atoms with Gasteiger partial charge in [-0.05, 0) is 32.2 Å². The minimum atomic E-state index is 0.484. The molecule has 2 heterocycles. The predicted octanol–water partition coefficient (Wildman–Crippen LogP) is 1.95. The highest BCUT2D eigenvalue weighted by Crippen LogP contribution is 2.14. The van der Waals surface area contributed by atoms with Crippen LogP contribution in [-0.2, 0) is 17.8 Å². The van der Waals surface area contributed by atoms with Gasteiger partial charge in [-0.1, -0.05) is 6.92 Å². The van der Waals surface area contributed by atoms with E-state index in [9.17, 15) is 0 Å². The van der Waals surface area contributed by atoms with Gasteiger partial charge in [0.25, 0.3) is 0 Å². The van der Waals surface area contributed by atoms with Gasteiger partial charge in [0.1, 0.15) is 5.82 Å². The lowest BCUT2D eigenvalue weighted by molar-refractivity contribution is 0.104. The van der Waals surface area contributed by atoms with Crippen LogP contribution in [0.1, 0.15) is 38.4 Å². The highest BCUT2D eigenvalue weighted by atomic mass is 16.5. The first kappa shape index (κ1) is 12.6. The fourth-order valence-corrected chi connectivity index (χ4v) is 2.29. The Labute approximate surface area is 103 Å². The van der Waals surface area contributed by atoms with E-state index in [0.717, 1.165) is 44.9 Å². The monoisotopic (exact) mass is 237 g/mol. The van der Waals surface area contributed by atoms with Crippen molar-refractivity contribution in [1.29, 1.82) is 0 Å². The van der Waals surface area contributed by atoms with Crippen LogP contribution < -0.4 is 5.32 Å². The lowest BCUT2D eigenvalue weighted by atomic mass is 10.2. The van der Waals surface area contributed by atoms with Crippen LogP contribution in [0.25, 0.3) is 0 Å². The molecule has 0 radical (unpaired) electrons. The number of hydrogen-bond acceptors (Lipinski definition) is 3. The molecule has 4 nitrogen and oxygen atoms in total. The number of aryl methyl sites for hydroxylation is 1. The Morgan fingerprint density at radius 3 is 3.29 bits per heavy atom. The summed E-state index contributed by atoms with van der Waals surface area (Å²) in [6.45, 7) is 6.08. The van der Waals surface area contributed by atoms with Crippen LogP contribution in [0.4, 0.5) is 0 Å². The Kier molecular flexibility index (Phi) is 5.01. The second kappa shape index (κ2) is 6.77. The fraction of sp³-hybridized carbons (Fsp3) is 0.769. The molecule has 17 heavy (non-hydrogen) atoms. The largest absolute Gasteiger partial charge is 0.378 e. The van der Waals surface area contributed by atoms with E-state index in [1.807, 2.05) is 6.20 Å². The Morgan fingerprint density at radius 2 is 2.53 bits per heavy atom. The average Bonchev–Trinajstić information content (AvgIpc) is 2.96. The van der Waals surface area contributed by atoms with Gasteiger partial charge in [-0.2, -0.15) is 0 Å². The summed E-state index contributed by atoms with van der Waals surface area (Å²) in [6, 6.07) is 0. The van der Waals surface area contributed by atoms with Crippen molar-refractivity contribution in [1.82, 2.24) is 14.9 Å². The van der Waals surface area contributed by atoms with Crippen molar-refractivity contribution >= 4 is 0 Å². The molecule has 1 saturated heterocycles. The van der Waals surface area contributed by atoms with Crippen LogP contribution in [-0.4, -0.2) is 28.8 Å². The second-order valence-electron chi connectivity index (χ2n) is 4.64. The molecule has 1 aliphatic rings. The molecule has 0 aliphatic carbocycles. The van der Waals surface area contributed by atoms with Crippen LogP contribution in [0.2, 0.25) is 0 Å². The Bertz CT molecular complexity index is 318. The third kappa shape index (κ3) is 3.82. The number of hydrogen-bond donors (Lipinski definition) is 1. The zero-order valence-electron chi connectivity index (χ0n) is 10.7. The first-order valence-corrected chi connectivity index (χ1v) is 6.72. The molecule has 4 heteroatoms. The lowest BCUT2D eigenvalue weighted by Crippen LogP contribution is -2.21. The standard InChI is InChI=1S/C13H23N3O/c1-2-8-16-9-7-15-13(16)11-14-6-5-12-4-3-10-17-12/h7,9,12,14H,2-6,8,10-11H2,1H3. The van der Waals surface area contributed by atoms with Gasteiger partial charge in [0.2, 0.25) is 0 Å². The zero-order valence-corrected chi connectivity index (χ0v) is 10.7. The summed E-state index contributed by atoms with van der Waals surface area (Å²) in [5.41, 5.74) is 0. The van der Waals surface area contributed by atoms with Gasteiger partial charge in [-0.15, -0.1) is 0 Å². The highest BCUT2D eigenvalue weighted by molar-refractivity contribution is 4.91. The topological polar surface area (TPSA) is 39.1 Å². The van der Waals surface area contributed by atoms with Crippen molar-refractivity contribution in [3.05, 3.63) is 18.2 Å². The molecule has 0 amide bonds. The van der Waals surface area contributed by atoms with Crippen molar-refractivity contribution in [3.63, 3.8) is 0 Å². The Balaban J connectivity index is 1.65. The Morgan fingerprint density at radius 1 is 1.59 bits per heavy atom. The number of nitrogens with zero attached hydrogens (tertiary/aromatic N) is 2. The van der Waals surface area contributed by atoms with Crippen LogP contribution in [0.3, 0.4) is 0 Å². The van der Waals surface area contributed by atoms with E-state index in [-0.39, 0.29) is 0 Å². The summed E-state index contributed by atoms with van der Waals surface area (Å²) >= 11 is 0. The number of nitrogens with one attached hydrogen (secondary N) is 1. The van der Waals surface area contributed by atoms with E-state index >= 15 is 0 Å². The molecule has 1 fully saturated rings. The predicted molar refractivity (Wildman–Crippen MR) is 67.8 cm³/mol. The van der Waals surface area contributed by atoms with Crippen LogP contribution in [0.15, 0.2) is 12.4 Å². The van der Waals surface area contributed by atoms with Crippen molar-refractivity contribution in [2.24, 2.45) is 0 Å². The molecule has 1 N–H and O–H groups in total. The summed E-state index contributed by atoms with van der Waals surface area (Å²) < 4.78 is 7.81. The number of aromatic nitrogens is 2. The number of imidazole rings is 1. The summed E-state index contributed by atoms with van der Waals surface area (Å²) in [6.07, 6.45) is 9.15. The molecule has 0 spiro atoms. The molecular formula is C13H23N3O. The summed E-state index contributed by atoms with van der Waals surface area (Å²) in [5.74, 6) is 1.14. The minimum absolute atomic E-state index is 0.484. The molecule has 1 aromatic rings. The van der Waals surface area contributed by atoms with E-state index in [1.54, 1.807) is 0 Å². The molecule has 2 rings (SSSR count). The highest BCUT2D eigenvalue weighted by Gasteiger charge is 2.14. The molecule has 0 aromatic carbocycles. The first-order chi connectivity index (χ1) is 8.40. The third-order valence-corrected chi connectivity index (χ3v) is 3.22. The van der Waals surface area contributed by atoms with E-state index < -0.39 is 0 Å². The van der Waals surface area contributed by atoms with Gasteiger partial charge < -0.3 is 14.6 Å². The zero-order chi connectivity index (χ0) is 11.9. The first-order valence-electron chi connectivity index (χ1n) is 6.72. The molecular weight excluding hydrogens is 214 g/mol. The van der Waals surface area contributed by atoms with Crippen molar-refractivity contribution < 1.29 is 4.74 Å². The SMILES string of the molecule is CCCn1ccnc1CNCCC1CCCO1. The van der Waals surface area contributed by atoms with Gasteiger partial charge in [0.15, 0.2) is 0 Å².